The molecular formula is C17H24N2O. The summed E-state index contributed by atoms with van der Waals surface area (Å²) in [4.78, 5) is 12.7. The van der Waals surface area contributed by atoms with Gasteiger partial charge in [0.25, 0.3) is 5.56 Å². The molecule has 0 fully saturated rings. The van der Waals surface area contributed by atoms with Crippen LogP contribution in [0.1, 0.15) is 46.2 Å². The van der Waals surface area contributed by atoms with Gasteiger partial charge in [0, 0.05) is 12.0 Å². The van der Waals surface area contributed by atoms with Gasteiger partial charge in [-0.3, -0.25) is 14.6 Å². The monoisotopic (exact) mass is 272 g/mol. The van der Waals surface area contributed by atoms with Crippen LogP contribution in [-0.2, 0) is 12.0 Å². The molecule has 3 heteroatoms. The molecule has 0 amide bonds. The fourth-order valence-electron chi connectivity index (χ4n) is 2.37. The van der Waals surface area contributed by atoms with Crippen molar-refractivity contribution in [3.05, 3.63) is 46.4 Å². The number of hydrogen-bond acceptors (Lipinski definition) is 1. The Morgan fingerprint density at radius 3 is 2.35 bits per heavy atom. The van der Waals surface area contributed by atoms with Gasteiger partial charge < -0.3 is 0 Å². The summed E-state index contributed by atoms with van der Waals surface area (Å²) in [6.07, 6.45) is 2.09. The molecule has 0 saturated heterocycles. The molecule has 2 rings (SSSR count). The minimum atomic E-state index is -0.0815. The van der Waals surface area contributed by atoms with Crippen LogP contribution in [0.4, 0.5) is 0 Å². The van der Waals surface area contributed by atoms with Gasteiger partial charge in [-0.25, -0.2) is 0 Å². The summed E-state index contributed by atoms with van der Waals surface area (Å²) in [5.74, 6) is 0. The van der Waals surface area contributed by atoms with E-state index in [1.54, 1.807) is 4.68 Å². The van der Waals surface area contributed by atoms with Crippen LogP contribution in [0.15, 0.2) is 35.1 Å². The third-order valence-corrected chi connectivity index (χ3v) is 3.50. The Kier molecular flexibility index (Phi) is 4.17. The standard InChI is InChI=1S/C17H24N2O/c1-5-6-12-19-16(20)14(13-10-8-7-9-11-13)15(18-19)17(2,3)4/h7-11,18H,5-6,12H2,1-4H3. The normalized spacial score (nSPS) is 11.8. The lowest BCUT2D eigenvalue weighted by Crippen LogP contribution is -2.17. The lowest BCUT2D eigenvalue weighted by Gasteiger charge is -2.18. The van der Waals surface area contributed by atoms with Gasteiger partial charge in [-0.2, -0.15) is 0 Å². The van der Waals surface area contributed by atoms with E-state index in [9.17, 15) is 4.79 Å². The van der Waals surface area contributed by atoms with Gasteiger partial charge in [0.2, 0.25) is 0 Å². The quantitative estimate of drug-likeness (QED) is 0.899. The summed E-state index contributed by atoms with van der Waals surface area (Å²) in [5, 5.41) is 3.33. The van der Waals surface area contributed by atoms with Gasteiger partial charge >= 0.3 is 0 Å². The van der Waals surface area contributed by atoms with Crippen molar-refractivity contribution in [1.82, 2.24) is 9.78 Å². The molecule has 108 valence electrons. The number of aryl methyl sites for hydroxylation is 1. The van der Waals surface area contributed by atoms with Crippen molar-refractivity contribution in [2.45, 2.75) is 52.5 Å². The Labute approximate surface area is 120 Å². The highest BCUT2D eigenvalue weighted by molar-refractivity contribution is 5.66. The van der Waals surface area contributed by atoms with E-state index in [-0.39, 0.29) is 11.0 Å². The zero-order valence-electron chi connectivity index (χ0n) is 12.9. The average Bonchev–Trinajstić information content (AvgIpc) is 2.74. The second-order valence-electron chi connectivity index (χ2n) is 6.29. The van der Waals surface area contributed by atoms with Crippen LogP contribution in [0.5, 0.6) is 0 Å². The predicted molar refractivity (Wildman–Crippen MR) is 84.1 cm³/mol. The first-order valence-corrected chi connectivity index (χ1v) is 7.34. The maximum Gasteiger partial charge on any atom is 0.274 e. The maximum atomic E-state index is 12.7. The number of aromatic amines is 1. The molecule has 1 aromatic heterocycles. The number of unbranched alkanes of at least 4 members (excludes halogenated alkanes) is 1. The Balaban J connectivity index is 2.59. The molecule has 0 radical (unpaired) electrons. The van der Waals surface area contributed by atoms with Crippen LogP contribution >= 0.6 is 0 Å². The molecule has 2 aromatic rings. The molecule has 0 atom stereocenters. The average molecular weight is 272 g/mol. The van der Waals surface area contributed by atoms with Crippen LogP contribution < -0.4 is 5.56 Å². The maximum absolute atomic E-state index is 12.7. The first-order chi connectivity index (χ1) is 9.45. The van der Waals surface area contributed by atoms with E-state index in [1.165, 1.54) is 0 Å². The highest BCUT2D eigenvalue weighted by atomic mass is 16.1. The van der Waals surface area contributed by atoms with E-state index < -0.39 is 0 Å². The lowest BCUT2D eigenvalue weighted by atomic mass is 9.87. The van der Waals surface area contributed by atoms with Crippen LogP contribution in [0.25, 0.3) is 11.1 Å². The molecular weight excluding hydrogens is 248 g/mol. The predicted octanol–water partition coefficient (Wildman–Crippen LogP) is 3.94. The lowest BCUT2D eigenvalue weighted by molar-refractivity contribution is 0.513. The number of rotatable bonds is 4. The van der Waals surface area contributed by atoms with Crippen LogP contribution in [0.3, 0.4) is 0 Å². The van der Waals surface area contributed by atoms with E-state index in [0.717, 1.165) is 36.2 Å². The molecule has 0 unspecified atom stereocenters. The van der Waals surface area contributed by atoms with Gasteiger partial charge in [-0.05, 0) is 12.0 Å². The first kappa shape index (κ1) is 14.6. The van der Waals surface area contributed by atoms with Crippen LogP contribution in [-0.4, -0.2) is 9.78 Å². The van der Waals surface area contributed by atoms with Gasteiger partial charge in [0.1, 0.15) is 0 Å². The number of benzene rings is 1. The van der Waals surface area contributed by atoms with Gasteiger partial charge in [0.15, 0.2) is 0 Å². The largest absolute Gasteiger partial charge is 0.299 e. The Bertz CT molecular complexity index is 615. The van der Waals surface area contributed by atoms with Crippen molar-refractivity contribution >= 4 is 0 Å². The zero-order valence-corrected chi connectivity index (χ0v) is 12.9. The van der Waals surface area contributed by atoms with Gasteiger partial charge in [-0.15, -0.1) is 0 Å². The molecule has 0 aliphatic carbocycles. The van der Waals surface area contributed by atoms with Crippen molar-refractivity contribution < 1.29 is 0 Å². The molecule has 0 spiro atoms. The van der Waals surface area contributed by atoms with E-state index >= 15 is 0 Å². The molecule has 0 aliphatic rings. The van der Waals surface area contributed by atoms with E-state index in [1.807, 2.05) is 30.3 Å². The Morgan fingerprint density at radius 1 is 1.15 bits per heavy atom. The molecule has 1 heterocycles. The minimum Gasteiger partial charge on any atom is -0.299 e. The van der Waals surface area contributed by atoms with E-state index in [2.05, 4.69) is 32.8 Å². The van der Waals surface area contributed by atoms with Crippen molar-refractivity contribution in [1.29, 1.82) is 0 Å². The molecule has 3 nitrogen and oxygen atoms in total. The van der Waals surface area contributed by atoms with Crippen LogP contribution in [0.2, 0.25) is 0 Å². The van der Waals surface area contributed by atoms with E-state index in [4.69, 9.17) is 0 Å². The summed E-state index contributed by atoms with van der Waals surface area (Å²) in [7, 11) is 0. The van der Waals surface area contributed by atoms with Crippen molar-refractivity contribution in [2.75, 3.05) is 0 Å². The SMILES string of the molecule is CCCCn1[nH]c(C(C)(C)C)c(-c2ccccc2)c1=O. The smallest absolute Gasteiger partial charge is 0.274 e. The Morgan fingerprint density at radius 2 is 1.80 bits per heavy atom. The fourth-order valence-corrected chi connectivity index (χ4v) is 2.37. The third-order valence-electron chi connectivity index (χ3n) is 3.50. The van der Waals surface area contributed by atoms with E-state index in [0.29, 0.717) is 0 Å². The topological polar surface area (TPSA) is 37.8 Å². The molecule has 1 N–H and O–H groups in total. The third kappa shape index (κ3) is 2.87. The van der Waals surface area contributed by atoms with Crippen molar-refractivity contribution in [2.24, 2.45) is 0 Å². The summed E-state index contributed by atoms with van der Waals surface area (Å²) >= 11 is 0. The number of aromatic nitrogens is 2. The molecule has 20 heavy (non-hydrogen) atoms. The van der Waals surface area contributed by atoms with Gasteiger partial charge in [0.05, 0.1) is 11.3 Å². The van der Waals surface area contributed by atoms with Gasteiger partial charge in [-0.1, -0.05) is 64.4 Å². The highest BCUT2D eigenvalue weighted by Crippen LogP contribution is 2.29. The highest BCUT2D eigenvalue weighted by Gasteiger charge is 2.25. The minimum absolute atomic E-state index is 0.0815. The Hall–Kier alpha value is -1.77. The fraction of sp³-hybridized carbons (Fsp3) is 0.471. The number of nitrogens with one attached hydrogen (secondary N) is 1. The summed E-state index contributed by atoms with van der Waals surface area (Å²) < 4.78 is 1.76. The second-order valence-corrected chi connectivity index (χ2v) is 6.29. The summed E-state index contributed by atoms with van der Waals surface area (Å²) in [6.45, 7) is 9.29. The number of H-pyrrole nitrogens is 1. The van der Waals surface area contributed by atoms with Crippen LogP contribution in [0, 0.1) is 0 Å². The number of nitrogens with zero attached hydrogens (tertiary/aromatic N) is 1. The first-order valence-electron chi connectivity index (χ1n) is 7.34. The summed E-state index contributed by atoms with van der Waals surface area (Å²) in [6, 6.07) is 9.94. The molecule has 0 bridgehead atoms. The second kappa shape index (κ2) is 5.70. The molecule has 0 aliphatic heterocycles. The number of hydrogen-bond donors (Lipinski definition) is 1. The summed E-state index contributed by atoms with van der Waals surface area (Å²) in [5.41, 5.74) is 2.84. The van der Waals surface area contributed by atoms with Crippen molar-refractivity contribution in [3.8, 4) is 11.1 Å². The molecule has 0 saturated carbocycles. The van der Waals surface area contributed by atoms with Crippen molar-refractivity contribution in [3.63, 3.8) is 0 Å². The molecule has 1 aromatic carbocycles. The zero-order chi connectivity index (χ0) is 14.8.